The maximum atomic E-state index is 13.8. The molecule has 232 valence electrons. The molecule has 1 aliphatic carbocycles. The number of methoxy groups -OCH3 is 1. The molecule has 0 spiro atoms. The average molecular weight is 635 g/mol. The summed E-state index contributed by atoms with van der Waals surface area (Å²) in [5, 5.41) is 5.87. The molecule has 2 fully saturated rings. The predicted octanol–water partition coefficient (Wildman–Crippen LogP) is 3.92. The number of likely N-dealkylation sites (tertiary alicyclic amines) is 1. The van der Waals surface area contributed by atoms with Gasteiger partial charge in [-0.2, -0.15) is 22.5 Å². The third-order valence-electron chi connectivity index (χ3n) is 7.56. The number of hydrogen-bond acceptors (Lipinski definition) is 9. The summed E-state index contributed by atoms with van der Waals surface area (Å²) in [6, 6.07) is 2.18. The van der Waals surface area contributed by atoms with Crippen LogP contribution in [0.1, 0.15) is 48.0 Å². The van der Waals surface area contributed by atoms with Gasteiger partial charge in [-0.25, -0.2) is 13.4 Å². The Morgan fingerprint density at radius 3 is 2.50 bits per heavy atom. The molecule has 1 aromatic carbocycles. The Labute approximate surface area is 247 Å². The van der Waals surface area contributed by atoms with E-state index in [9.17, 15) is 26.4 Å². The normalized spacial score (nSPS) is 20.5. The van der Waals surface area contributed by atoms with E-state index >= 15 is 0 Å². The maximum absolute atomic E-state index is 13.8. The number of carbonyl (C=O) groups excluding carboxylic acids is 1. The van der Waals surface area contributed by atoms with Gasteiger partial charge in [0.05, 0.1) is 35.7 Å². The Morgan fingerprint density at radius 1 is 1.19 bits per heavy atom. The van der Waals surface area contributed by atoms with Crippen molar-refractivity contribution in [2.45, 2.75) is 56.5 Å². The standard InChI is InChI=1S/C26H34ClF3N6O5S/c1-35-10-8-15(9-11-35)32-23(37)16-12-22(40-3)19(13-18(16)27)33-25-31-14-17(26(28,29)30)24(34-25)41-21-7-5-6-20(21)36(2)42(4,38)39/h12-15,20-21H,5-11H2,1-4H3,(H,32,37)(H,31,33,34)/t20-,21-/m1/s1. The number of nitrogens with zero attached hydrogens (tertiary/aromatic N) is 4. The van der Waals surface area contributed by atoms with Crippen LogP contribution in [0, 0.1) is 0 Å². The minimum absolute atomic E-state index is 0.00391. The molecule has 0 bridgehead atoms. The van der Waals surface area contributed by atoms with Crippen molar-refractivity contribution in [3.8, 4) is 11.6 Å². The number of piperidine rings is 1. The van der Waals surface area contributed by atoms with E-state index in [1.54, 1.807) is 0 Å². The molecule has 2 aliphatic rings. The quantitative estimate of drug-likeness (QED) is 0.422. The van der Waals surface area contributed by atoms with Crippen molar-refractivity contribution < 1.29 is 35.9 Å². The highest BCUT2D eigenvalue weighted by Gasteiger charge is 2.40. The van der Waals surface area contributed by atoms with Gasteiger partial charge in [-0.3, -0.25) is 4.79 Å². The first-order chi connectivity index (χ1) is 19.7. The molecule has 1 aliphatic heterocycles. The number of ether oxygens (including phenoxy) is 2. The van der Waals surface area contributed by atoms with Gasteiger partial charge >= 0.3 is 6.18 Å². The molecule has 4 rings (SSSR count). The summed E-state index contributed by atoms with van der Waals surface area (Å²) in [6.45, 7) is 1.72. The number of sulfonamides is 1. The summed E-state index contributed by atoms with van der Waals surface area (Å²) in [7, 11) is 1.15. The molecule has 2 heterocycles. The summed E-state index contributed by atoms with van der Waals surface area (Å²) >= 11 is 6.44. The van der Waals surface area contributed by atoms with Gasteiger partial charge in [-0.15, -0.1) is 0 Å². The Kier molecular flexibility index (Phi) is 9.75. The SMILES string of the molecule is COc1cc(C(=O)NC2CCN(C)CC2)c(Cl)cc1Nc1ncc(C(F)(F)F)c(O[C@@H]2CCC[C@H]2N(C)S(C)(=O)=O)n1. The Hall–Kier alpha value is -2.88. The van der Waals surface area contributed by atoms with E-state index in [0.717, 1.165) is 36.5 Å². The lowest BCUT2D eigenvalue weighted by atomic mass is 10.0. The Morgan fingerprint density at radius 2 is 1.88 bits per heavy atom. The number of rotatable bonds is 9. The van der Waals surface area contributed by atoms with Crippen molar-refractivity contribution in [3.05, 3.63) is 34.5 Å². The van der Waals surface area contributed by atoms with Gasteiger partial charge < -0.3 is 25.0 Å². The van der Waals surface area contributed by atoms with E-state index in [1.807, 2.05) is 7.05 Å². The van der Waals surface area contributed by atoms with E-state index in [1.165, 1.54) is 26.3 Å². The van der Waals surface area contributed by atoms with Gasteiger partial charge in [0, 0.05) is 19.3 Å². The average Bonchev–Trinajstić information content (AvgIpc) is 3.36. The van der Waals surface area contributed by atoms with Crippen molar-refractivity contribution in [2.75, 3.05) is 45.9 Å². The number of hydrogen-bond donors (Lipinski definition) is 2. The molecule has 2 aromatic rings. The summed E-state index contributed by atoms with van der Waals surface area (Å²) in [5.41, 5.74) is -0.816. The van der Waals surface area contributed by atoms with Crippen LogP contribution in [0.25, 0.3) is 0 Å². The van der Waals surface area contributed by atoms with Crippen molar-refractivity contribution in [3.63, 3.8) is 0 Å². The molecule has 1 amide bonds. The fourth-order valence-corrected chi connectivity index (χ4v) is 6.07. The van der Waals surface area contributed by atoms with Crippen molar-refractivity contribution in [2.24, 2.45) is 0 Å². The van der Waals surface area contributed by atoms with Crippen LogP contribution in [0.2, 0.25) is 5.02 Å². The topological polar surface area (TPSA) is 126 Å². The second kappa shape index (κ2) is 12.8. The lowest BCUT2D eigenvalue weighted by Gasteiger charge is -2.29. The third-order valence-corrected chi connectivity index (χ3v) is 9.19. The first kappa shape index (κ1) is 32.0. The van der Waals surface area contributed by atoms with Crippen molar-refractivity contribution in [1.82, 2.24) is 24.5 Å². The lowest BCUT2D eigenvalue weighted by molar-refractivity contribution is -0.140. The van der Waals surface area contributed by atoms with E-state index in [4.69, 9.17) is 21.1 Å². The highest BCUT2D eigenvalue weighted by molar-refractivity contribution is 7.88. The zero-order chi connectivity index (χ0) is 30.8. The fourth-order valence-electron chi connectivity index (χ4n) is 5.09. The van der Waals surface area contributed by atoms with E-state index in [-0.39, 0.29) is 39.9 Å². The van der Waals surface area contributed by atoms with Crippen LogP contribution in [-0.2, 0) is 16.2 Å². The molecular weight excluding hydrogens is 601 g/mol. The predicted molar refractivity (Wildman–Crippen MR) is 151 cm³/mol. The molecule has 16 heteroatoms. The molecule has 0 radical (unpaired) electrons. The van der Waals surface area contributed by atoms with Crippen LogP contribution in [0.4, 0.5) is 24.8 Å². The van der Waals surface area contributed by atoms with Gasteiger partial charge in [-0.05, 0) is 64.4 Å². The fraction of sp³-hybridized carbons (Fsp3) is 0.577. The summed E-state index contributed by atoms with van der Waals surface area (Å²) in [6.07, 6.45) is -1.10. The molecule has 1 saturated carbocycles. The van der Waals surface area contributed by atoms with Gasteiger partial charge in [0.2, 0.25) is 21.9 Å². The molecule has 1 aromatic heterocycles. The van der Waals surface area contributed by atoms with Crippen LogP contribution in [0.3, 0.4) is 0 Å². The summed E-state index contributed by atoms with van der Waals surface area (Å²) in [4.78, 5) is 22.9. The van der Waals surface area contributed by atoms with Gasteiger partial charge in [0.1, 0.15) is 17.4 Å². The molecule has 1 saturated heterocycles. The minimum atomic E-state index is -4.82. The van der Waals surface area contributed by atoms with E-state index in [0.29, 0.717) is 25.5 Å². The molecule has 0 unspecified atom stereocenters. The maximum Gasteiger partial charge on any atom is 0.423 e. The molecule has 42 heavy (non-hydrogen) atoms. The molecule has 2 N–H and O–H groups in total. The smallest absolute Gasteiger partial charge is 0.423 e. The highest BCUT2D eigenvalue weighted by atomic mass is 35.5. The number of anilines is 2. The number of alkyl halides is 3. The van der Waals surface area contributed by atoms with Gasteiger partial charge in [0.15, 0.2) is 0 Å². The number of halogens is 4. The number of aromatic nitrogens is 2. The Balaban J connectivity index is 1.58. The molecule has 2 atom stereocenters. The first-order valence-corrected chi connectivity index (χ1v) is 15.6. The number of carbonyl (C=O) groups is 1. The number of benzene rings is 1. The van der Waals surface area contributed by atoms with Crippen molar-refractivity contribution >= 4 is 39.2 Å². The zero-order valence-corrected chi connectivity index (χ0v) is 25.2. The van der Waals surface area contributed by atoms with Gasteiger partial charge in [0.25, 0.3) is 5.91 Å². The summed E-state index contributed by atoms with van der Waals surface area (Å²) < 4.78 is 77.9. The summed E-state index contributed by atoms with van der Waals surface area (Å²) in [5.74, 6) is -1.17. The second-order valence-corrected chi connectivity index (χ2v) is 13.0. The number of likely N-dealkylation sites (N-methyl/N-ethyl adjacent to an activating group) is 1. The monoisotopic (exact) mass is 634 g/mol. The van der Waals surface area contributed by atoms with Crippen molar-refractivity contribution in [1.29, 1.82) is 0 Å². The largest absolute Gasteiger partial charge is 0.495 e. The van der Waals surface area contributed by atoms with Crippen LogP contribution in [-0.4, -0.2) is 92.2 Å². The van der Waals surface area contributed by atoms with E-state index < -0.39 is 39.8 Å². The second-order valence-electron chi connectivity index (χ2n) is 10.6. The Bertz CT molecular complexity index is 1410. The van der Waals surface area contributed by atoms with Crippen LogP contribution in [0.5, 0.6) is 11.6 Å². The van der Waals surface area contributed by atoms with E-state index in [2.05, 4.69) is 25.5 Å². The molecule has 11 nitrogen and oxygen atoms in total. The number of amides is 1. The lowest BCUT2D eigenvalue weighted by Crippen LogP contribution is -2.43. The highest BCUT2D eigenvalue weighted by Crippen LogP contribution is 2.39. The van der Waals surface area contributed by atoms with Crippen LogP contribution in [0.15, 0.2) is 18.3 Å². The van der Waals surface area contributed by atoms with Crippen LogP contribution < -0.4 is 20.1 Å². The van der Waals surface area contributed by atoms with Gasteiger partial charge in [-0.1, -0.05) is 11.6 Å². The first-order valence-electron chi connectivity index (χ1n) is 13.3. The molecular formula is C26H34ClF3N6O5S. The zero-order valence-electron chi connectivity index (χ0n) is 23.7. The minimum Gasteiger partial charge on any atom is -0.495 e. The third kappa shape index (κ3) is 7.54. The van der Waals surface area contributed by atoms with Crippen LogP contribution >= 0.6 is 11.6 Å². The number of nitrogens with one attached hydrogen (secondary N) is 2.